The number of aromatic nitrogens is 2. The molecule has 1 heterocycles. The second-order valence-corrected chi connectivity index (χ2v) is 5.08. The summed E-state index contributed by atoms with van der Waals surface area (Å²) in [6.45, 7) is 0. The molecule has 3 rings (SSSR count). The first kappa shape index (κ1) is 15.8. The molecule has 1 amide bonds. The van der Waals surface area contributed by atoms with Gasteiger partial charge in [-0.25, -0.2) is 4.68 Å². The highest BCUT2D eigenvalue weighted by molar-refractivity contribution is 5.94. The molecule has 0 spiro atoms. The number of alkyl halides is 3. The van der Waals surface area contributed by atoms with Crippen molar-refractivity contribution in [2.75, 3.05) is 0 Å². The summed E-state index contributed by atoms with van der Waals surface area (Å²) in [6, 6.07) is 16.0. The summed E-state index contributed by atoms with van der Waals surface area (Å²) in [4.78, 5) is 11.3. The molecule has 0 radical (unpaired) electrons. The smallest absolute Gasteiger partial charge is 0.365 e. The van der Waals surface area contributed by atoms with Gasteiger partial charge in [0.15, 0.2) is 5.69 Å². The number of nitrogens with zero attached hydrogens (tertiary/aromatic N) is 2. The molecule has 0 saturated carbocycles. The number of amides is 1. The number of primary amides is 1. The van der Waals surface area contributed by atoms with Crippen molar-refractivity contribution in [2.45, 2.75) is 6.18 Å². The fourth-order valence-electron chi connectivity index (χ4n) is 2.42. The fraction of sp³-hybridized carbons (Fsp3) is 0.0588. The van der Waals surface area contributed by atoms with Crippen molar-refractivity contribution in [2.24, 2.45) is 5.73 Å². The average molecular weight is 331 g/mol. The van der Waals surface area contributed by atoms with Crippen LogP contribution in [0.3, 0.4) is 0 Å². The molecule has 2 aromatic carbocycles. The molecule has 2 N–H and O–H groups in total. The number of halogens is 3. The van der Waals surface area contributed by atoms with E-state index in [-0.39, 0.29) is 0 Å². The van der Waals surface area contributed by atoms with Crippen LogP contribution >= 0.6 is 0 Å². The zero-order valence-electron chi connectivity index (χ0n) is 12.3. The van der Waals surface area contributed by atoms with Crippen LogP contribution in [0.1, 0.15) is 16.1 Å². The third kappa shape index (κ3) is 2.88. The first-order chi connectivity index (χ1) is 11.4. The minimum atomic E-state index is -4.77. The van der Waals surface area contributed by atoms with Crippen LogP contribution in [0.5, 0.6) is 0 Å². The second-order valence-electron chi connectivity index (χ2n) is 5.08. The number of carbonyl (C=O) groups excluding carboxylic acids is 1. The summed E-state index contributed by atoms with van der Waals surface area (Å²) < 4.78 is 40.3. The minimum Gasteiger partial charge on any atom is -0.365 e. The van der Waals surface area contributed by atoms with E-state index in [4.69, 9.17) is 5.73 Å². The molecule has 4 nitrogen and oxygen atoms in total. The van der Waals surface area contributed by atoms with Gasteiger partial charge in [0.25, 0.3) is 5.91 Å². The van der Waals surface area contributed by atoms with Crippen molar-refractivity contribution in [1.29, 1.82) is 0 Å². The minimum absolute atomic E-state index is 0.418. The molecule has 0 aliphatic carbocycles. The Morgan fingerprint density at radius 2 is 1.62 bits per heavy atom. The van der Waals surface area contributed by atoms with Gasteiger partial charge in [0, 0.05) is 11.8 Å². The molecule has 0 bridgehead atoms. The molecule has 0 atom stereocenters. The zero-order valence-corrected chi connectivity index (χ0v) is 12.3. The van der Waals surface area contributed by atoms with Gasteiger partial charge in [0.1, 0.15) is 0 Å². The van der Waals surface area contributed by atoms with Gasteiger partial charge in [-0.3, -0.25) is 4.79 Å². The van der Waals surface area contributed by atoms with Gasteiger partial charge in [-0.2, -0.15) is 18.3 Å². The SMILES string of the molecule is NC(=O)c1cn(-c2ccccc2-c2ccccc2)nc1C(F)(F)F. The number of hydrogen-bond acceptors (Lipinski definition) is 2. The average Bonchev–Trinajstić information content (AvgIpc) is 3.01. The third-order valence-electron chi connectivity index (χ3n) is 3.48. The van der Waals surface area contributed by atoms with E-state index in [2.05, 4.69) is 5.10 Å². The quantitative estimate of drug-likeness (QED) is 0.796. The normalized spacial score (nSPS) is 11.5. The van der Waals surface area contributed by atoms with Gasteiger partial charge < -0.3 is 5.73 Å². The Labute approximate surface area is 135 Å². The Bertz CT molecular complexity index is 886. The standard InChI is InChI=1S/C17H12F3N3O/c18-17(19,20)15-13(16(21)24)10-23(22-15)14-9-5-4-8-12(14)11-6-2-1-3-7-11/h1-10H,(H2,21,24). The van der Waals surface area contributed by atoms with Gasteiger partial charge in [-0.15, -0.1) is 0 Å². The Hall–Kier alpha value is -3.09. The molecule has 0 saturated heterocycles. The van der Waals surface area contributed by atoms with Crippen molar-refractivity contribution in [3.05, 3.63) is 72.1 Å². The number of para-hydroxylation sites is 1. The maximum absolute atomic E-state index is 13.1. The summed E-state index contributed by atoms with van der Waals surface area (Å²) in [5.74, 6) is -1.18. The Morgan fingerprint density at radius 1 is 1.00 bits per heavy atom. The summed E-state index contributed by atoms with van der Waals surface area (Å²) >= 11 is 0. The van der Waals surface area contributed by atoms with Crippen molar-refractivity contribution >= 4 is 5.91 Å². The van der Waals surface area contributed by atoms with Crippen LogP contribution in [0.25, 0.3) is 16.8 Å². The van der Waals surface area contributed by atoms with E-state index in [1.165, 1.54) is 0 Å². The highest BCUT2D eigenvalue weighted by Gasteiger charge is 2.39. The summed E-state index contributed by atoms with van der Waals surface area (Å²) in [6.07, 6.45) is -3.76. The Balaban J connectivity index is 2.20. The van der Waals surface area contributed by atoms with E-state index in [1.807, 2.05) is 30.3 Å². The van der Waals surface area contributed by atoms with Gasteiger partial charge in [0.2, 0.25) is 0 Å². The van der Waals surface area contributed by atoms with Gasteiger partial charge in [-0.1, -0.05) is 48.5 Å². The number of carbonyl (C=O) groups is 1. The highest BCUT2D eigenvalue weighted by atomic mass is 19.4. The molecule has 24 heavy (non-hydrogen) atoms. The van der Waals surface area contributed by atoms with Gasteiger partial charge in [-0.05, 0) is 11.6 Å². The van der Waals surface area contributed by atoms with Crippen LogP contribution in [0, 0.1) is 0 Å². The highest BCUT2D eigenvalue weighted by Crippen LogP contribution is 2.33. The first-order valence-electron chi connectivity index (χ1n) is 6.99. The van der Waals surface area contributed by atoms with E-state index in [0.29, 0.717) is 11.3 Å². The van der Waals surface area contributed by atoms with E-state index in [1.54, 1.807) is 24.3 Å². The molecule has 3 aromatic rings. The monoisotopic (exact) mass is 331 g/mol. The van der Waals surface area contributed by atoms with Crippen molar-refractivity contribution < 1.29 is 18.0 Å². The third-order valence-corrected chi connectivity index (χ3v) is 3.48. The lowest BCUT2D eigenvalue weighted by atomic mass is 10.0. The first-order valence-corrected chi connectivity index (χ1v) is 6.99. The number of rotatable bonds is 3. The molecule has 122 valence electrons. The topological polar surface area (TPSA) is 60.9 Å². The van der Waals surface area contributed by atoms with E-state index >= 15 is 0 Å². The van der Waals surface area contributed by atoms with Crippen molar-refractivity contribution in [1.82, 2.24) is 9.78 Å². The van der Waals surface area contributed by atoms with Crippen LogP contribution in [0.2, 0.25) is 0 Å². The van der Waals surface area contributed by atoms with Crippen LogP contribution in [0.15, 0.2) is 60.8 Å². The van der Waals surface area contributed by atoms with Crippen molar-refractivity contribution in [3.63, 3.8) is 0 Å². The van der Waals surface area contributed by atoms with Gasteiger partial charge in [0.05, 0.1) is 11.3 Å². The summed E-state index contributed by atoms with van der Waals surface area (Å²) in [5.41, 5.74) is 5.03. The largest absolute Gasteiger partial charge is 0.435 e. The molecule has 0 unspecified atom stereocenters. The zero-order chi connectivity index (χ0) is 17.3. The molecular formula is C17H12F3N3O. The predicted molar refractivity (Wildman–Crippen MR) is 82.5 cm³/mol. The summed E-state index contributed by atoms with van der Waals surface area (Å²) in [7, 11) is 0. The lowest BCUT2D eigenvalue weighted by molar-refractivity contribution is -0.141. The molecule has 0 aliphatic rings. The van der Waals surface area contributed by atoms with Gasteiger partial charge >= 0.3 is 6.18 Å². The van der Waals surface area contributed by atoms with Crippen LogP contribution in [-0.4, -0.2) is 15.7 Å². The van der Waals surface area contributed by atoms with E-state index in [0.717, 1.165) is 16.4 Å². The van der Waals surface area contributed by atoms with E-state index < -0.39 is 23.3 Å². The molecule has 0 fully saturated rings. The van der Waals surface area contributed by atoms with E-state index in [9.17, 15) is 18.0 Å². The number of nitrogens with two attached hydrogens (primary N) is 1. The molecule has 1 aromatic heterocycles. The molecule has 0 aliphatic heterocycles. The lowest BCUT2D eigenvalue weighted by Crippen LogP contribution is -2.17. The Kier molecular flexibility index (Phi) is 3.84. The van der Waals surface area contributed by atoms with Crippen LogP contribution < -0.4 is 5.73 Å². The summed E-state index contributed by atoms with van der Waals surface area (Å²) in [5, 5.41) is 3.55. The number of hydrogen-bond donors (Lipinski definition) is 1. The molecular weight excluding hydrogens is 319 g/mol. The maximum Gasteiger partial charge on any atom is 0.435 e. The molecule has 7 heteroatoms. The van der Waals surface area contributed by atoms with Crippen molar-refractivity contribution in [3.8, 4) is 16.8 Å². The maximum atomic E-state index is 13.1. The Morgan fingerprint density at radius 3 is 2.21 bits per heavy atom. The van der Waals surface area contributed by atoms with Crippen LogP contribution in [-0.2, 0) is 6.18 Å². The number of benzene rings is 2. The fourth-order valence-corrected chi connectivity index (χ4v) is 2.42. The lowest BCUT2D eigenvalue weighted by Gasteiger charge is -2.09. The van der Waals surface area contributed by atoms with Crippen LogP contribution in [0.4, 0.5) is 13.2 Å². The predicted octanol–water partition coefficient (Wildman–Crippen LogP) is 3.66. The second kappa shape index (κ2) is 5.84.